The van der Waals surface area contributed by atoms with Crippen LogP contribution in [0, 0.1) is 13.8 Å². The van der Waals surface area contributed by atoms with Crippen molar-refractivity contribution >= 4 is 5.91 Å². The van der Waals surface area contributed by atoms with Crippen LogP contribution in [0.3, 0.4) is 0 Å². The van der Waals surface area contributed by atoms with Crippen LogP contribution in [0.4, 0.5) is 13.2 Å². The third-order valence-corrected chi connectivity index (χ3v) is 5.78. The Kier molecular flexibility index (Phi) is 7.87. The standard InChI is InChI=1S/C26H28F3N3O/c1-17-9-12-21(15-18(17)2)22(13-10-19-11-14-23(31-16-19)26(27,28)29)32-24(25(33)30-3)20-7-5-4-6-8-20/h4-9,11-12,14-16,22,24,32H,10,13H2,1-3H3,(H,30,33)/t22-,24+/m1/s1. The van der Waals surface area contributed by atoms with Gasteiger partial charge in [0.25, 0.3) is 0 Å². The molecule has 1 aromatic heterocycles. The first kappa shape index (κ1) is 24.5. The molecule has 0 radical (unpaired) electrons. The molecule has 3 aromatic rings. The highest BCUT2D eigenvalue weighted by atomic mass is 19.4. The number of pyridine rings is 1. The van der Waals surface area contributed by atoms with E-state index in [0.717, 1.165) is 28.3 Å². The summed E-state index contributed by atoms with van der Waals surface area (Å²) in [6.45, 7) is 4.07. The number of hydrogen-bond acceptors (Lipinski definition) is 3. The highest BCUT2D eigenvalue weighted by Crippen LogP contribution is 2.29. The van der Waals surface area contributed by atoms with E-state index in [4.69, 9.17) is 0 Å². The van der Waals surface area contributed by atoms with E-state index in [1.165, 1.54) is 12.3 Å². The fourth-order valence-corrected chi connectivity index (χ4v) is 3.69. The highest BCUT2D eigenvalue weighted by Gasteiger charge is 2.32. The lowest BCUT2D eigenvalue weighted by Gasteiger charge is -2.26. The van der Waals surface area contributed by atoms with Gasteiger partial charge in [0.1, 0.15) is 11.7 Å². The number of rotatable bonds is 8. The average Bonchev–Trinajstić information content (AvgIpc) is 2.81. The molecule has 2 N–H and O–H groups in total. The third-order valence-electron chi connectivity index (χ3n) is 5.78. The van der Waals surface area contributed by atoms with Crippen LogP contribution in [-0.4, -0.2) is 17.9 Å². The summed E-state index contributed by atoms with van der Waals surface area (Å²) in [5.41, 5.74) is 3.94. The molecule has 4 nitrogen and oxygen atoms in total. The quantitative estimate of drug-likeness (QED) is 0.474. The van der Waals surface area contributed by atoms with Crippen molar-refractivity contribution in [2.24, 2.45) is 0 Å². The molecule has 0 unspecified atom stereocenters. The van der Waals surface area contributed by atoms with Crippen LogP contribution in [0.2, 0.25) is 0 Å². The molecule has 0 spiro atoms. The Balaban J connectivity index is 1.87. The monoisotopic (exact) mass is 455 g/mol. The summed E-state index contributed by atoms with van der Waals surface area (Å²) in [7, 11) is 1.60. The molecule has 0 fully saturated rings. The van der Waals surface area contributed by atoms with Crippen molar-refractivity contribution in [1.29, 1.82) is 0 Å². The lowest BCUT2D eigenvalue weighted by Crippen LogP contribution is -2.38. The van der Waals surface area contributed by atoms with Gasteiger partial charge in [-0.1, -0.05) is 54.6 Å². The molecular weight excluding hydrogens is 427 g/mol. The van der Waals surface area contributed by atoms with Gasteiger partial charge in [0, 0.05) is 19.3 Å². The van der Waals surface area contributed by atoms with E-state index < -0.39 is 17.9 Å². The third kappa shape index (κ3) is 6.42. The molecular formula is C26H28F3N3O. The summed E-state index contributed by atoms with van der Waals surface area (Å²) in [6, 6.07) is 17.3. The van der Waals surface area contributed by atoms with E-state index in [1.807, 2.05) is 56.3 Å². The van der Waals surface area contributed by atoms with E-state index in [1.54, 1.807) is 7.05 Å². The second-order valence-corrected chi connectivity index (χ2v) is 8.11. The van der Waals surface area contributed by atoms with Crippen molar-refractivity contribution in [2.75, 3.05) is 7.05 Å². The molecule has 0 aliphatic rings. The van der Waals surface area contributed by atoms with Crippen LogP contribution in [0.1, 0.15) is 52.0 Å². The second kappa shape index (κ2) is 10.6. The molecule has 2 aromatic carbocycles. The first-order chi connectivity index (χ1) is 15.7. The highest BCUT2D eigenvalue weighted by molar-refractivity contribution is 5.83. The number of nitrogens with one attached hydrogen (secondary N) is 2. The fraction of sp³-hybridized carbons (Fsp3) is 0.308. The van der Waals surface area contributed by atoms with Gasteiger partial charge >= 0.3 is 6.18 Å². The Morgan fingerprint density at radius 1 is 0.970 bits per heavy atom. The zero-order valence-electron chi connectivity index (χ0n) is 18.9. The van der Waals surface area contributed by atoms with Crippen molar-refractivity contribution in [3.05, 3.63) is 100 Å². The van der Waals surface area contributed by atoms with Crippen molar-refractivity contribution in [2.45, 2.75) is 44.9 Å². The minimum Gasteiger partial charge on any atom is -0.358 e. The summed E-state index contributed by atoms with van der Waals surface area (Å²) in [6.07, 6.45) is -2.10. The second-order valence-electron chi connectivity index (χ2n) is 8.11. The maximum atomic E-state index is 12.8. The SMILES string of the molecule is CNC(=O)[C@@H](N[C@H](CCc1ccc(C(F)(F)F)nc1)c1ccc(C)c(C)c1)c1ccccc1. The normalized spacial score (nSPS) is 13.4. The Labute approximate surface area is 192 Å². The van der Waals surface area contributed by atoms with Gasteiger partial charge in [-0.2, -0.15) is 13.2 Å². The predicted octanol–water partition coefficient (Wildman–Crippen LogP) is 5.47. The number of likely N-dealkylation sites (N-methyl/N-ethyl adjacent to an activating group) is 1. The topological polar surface area (TPSA) is 54.0 Å². The summed E-state index contributed by atoms with van der Waals surface area (Å²) in [5.74, 6) is -0.161. The molecule has 0 aliphatic heterocycles. The number of amides is 1. The van der Waals surface area contributed by atoms with Gasteiger partial charge < -0.3 is 5.32 Å². The summed E-state index contributed by atoms with van der Waals surface area (Å²) in [5, 5.41) is 6.19. The largest absolute Gasteiger partial charge is 0.433 e. The number of carbonyl (C=O) groups is 1. The van der Waals surface area contributed by atoms with Crippen LogP contribution in [0.5, 0.6) is 0 Å². The number of aromatic nitrogens is 1. The van der Waals surface area contributed by atoms with Gasteiger partial charge in [-0.15, -0.1) is 0 Å². The Morgan fingerprint density at radius 2 is 1.70 bits per heavy atom. The zero-order chi connectivity index (χ0) is 24.0. The van der Waals surface area contributed by atoms with E-state index in [9.17, 15) is 18.0 Å². The fourth-order valence-electron chi connectivity index (χ4n) is 3.69. The molecule has 0 saturated heterocycles. The van der Waals surface area contributed by atoms with E-state index in [-0.39, 0.29) is 11.9 Å². The van der Waals surface area contributed by atoms with Crippen molar-refractivity contribution in [3.63, 3.8) is 0 Å². The summed E-state index contributed by atoms with van der Waals surface area (Å²) in [4.78, 5) is 16.3. The van der Waals surface area contributed by atoms with E-state index in [0.29, 0.717) is 18.4 Å². The Bertz CT molecular complexity index is 1070. The van der Waals surface area contributed by atoms with Crippen molar-refractivity contribution < 1.29 is 18.0 Å². The minimum atomic E-state index is -4.46. The molecule has 2 atom stereocenters. The lowest BCUT2D eigenvalue weighted by molar-refractivity contribution is -0.141. The molecule has 0 aliphatic carbocycles. The van der Waals surface area contributed by atoms with Gasteiger partial charge in [0.2, 0.25) is 5.91 Å². The maximum absolute atomic E-state index is 12.8. The average molecular weight is 456 g/mol. The summed E-state index contributed by atoms with van der Waals surface area (Å²) < 4.78 is 38.5. The zero-order valence-corrected chi connectivity index (χ0v) is 18.9. The van der Waals surface area contributed by atoms with Crippen LogP contribution in [0.15, 0.2) is 66.9 Å². The van der Waals surface area contributed by atoms with E-state index >= 15 is 0 Å². The lowest BCUT2D eigenvalue weighted by atomic mass is 9.94. The smallest absolute Gasteiger partial charge is 0.358 e. The van der Waals surface area contributed by atoms with Gasteiger partial charge in [-0.25, -0.2) is 0 Å². The number of aryl methyl sites for hydroxylation is 3. The maximum Gasteiger partial charge on any atom is 0.433 e. The minimum absolute atomic E-state index is 0.161. The van der Waals surface area contributed by atoms with Gasteiger partial charge in [-0.3, -0.25) is 15.1 Å². The molecule has 7 heteroatoms. The number of benzene rings is 2. The molecule has 0 saturated carbocycles. The number of alkyl halides is 3. The number of hydrogen-bond donors (Lipinski definition) is 2. The summed E-state index contributed by atoms with van der Waals surface area (Å²) >= 11 is 0. The number of carbonyl (C=O) groups excluding carboxylic acids is 1. The van der Waals surface area contributed by atoms with Crippen molar-refractivity contribution in [3.8, 4) is 0 Å². The van der Waals surface area contributed by atoms with Gasteiger partial charge in [-0.05, 0) is 60.6 Å². The van der Waals surface area contributed by atoms with Crippen LogP contribution >= 0.6 is 0 Å². The van der Waals surface area contributed by atoms with E-state index in [2.05, 4.69) is 21.7 Å². The van der Waals surface area contributed by atoms with Crippen LogP contribution in [0.25, 0.3) is 0 Å². The van der Waals surface area contributed by atoms with Crippen LogP contribution < -0.4 is 10.6 Å². The van der Waals surface area contributed by atoms with Crippen molar-refractivity contribution in [1.82, 2.24) is 15.6 Å². The predicted molar refractivity (Wildman–Crippen MR) is 123 cm³/mol. The molecule has 3 rings (SSSR count). The molecule has 1 amide bonds. The first-order valence-corrected chi connectivity index (χ1v) is 10.8. The van der Waals surface area contributed by atoms with Gasteiger partial charge in [0.05, 0.1) is 0 Å². The Morgan fingerprint density at radius 3 is 2.27 bits per heavy atom. The molecule has 0 bridgehead atoms. The Hall–Kier alpha value is -3.19. The first-order valence-electron chi connectivity index (χ1n) is 10.8. The molecule has 1 heterocycles. The number of halogens is 3. The van der Waals surface area contributed by atoms with Crippen LogP contribution in [-0.2, 0) is 17.4 Å². The molecule has 174 valence electrons. The molecule has 33 heavy (non-hydrogen) atoms. The number of nitrogens with zero attached hydrogens (tertiary/aromatic N) is 1. The van der Waals surface area contributed by atoms with Gasteiger partial charge in [0.15, 0.2) is 0 Å².